The number of carboxylic acid groups (broad SMARTS) is 1. The Kier molecular flexibility index (Phi) is 3.27. The highest BCUT2D eigenvalue weighted by Crippen LogP contribution is 2.62. The molecule has 21 heavy (non-hydrogen) atoms. The first-order chi connectivity index (χ1) is 9.44. The number of fused-ring (bicyclic) bond motifs is 1. The molecule has 4 atom stereocenters. The highest BCUT2D eigenvalue weighted by molar-refractivity contribution is 6.02. The lowest BCUT2D eigenvalue weighted by molar-refractivity contribution is -0.157. The monoisotopic (exact) mass is 296 g/mol. The van der Waals surface area contributed by atoms with Gasteiger partial charge in [0.05, 0.1) is 17.8 Å². The maximum atomic E-state index is 10.9. The van der Waals surface area contributed by atoms with E-state index in [4.69, 9.17) is 5.11 Å². The smallest absolute Gasteiger partial charge is 0.318 e. The van der Waals surface area contributed by atoms with Crippen molar-refractivity contribution in [3.8, 4) is 0 Å². The Labute approximate surface area is 122 Å². The zero-order chi connectivity index (χ0) is 16.3. The van der Waals surface area contributed by atoms with Gasteiger partial charge in [0.15, 0.2) is 0 Å². The Morgan fingerprint density at radius 2 is 1.38 bits per heavy atom. The zero-order valence-electron chi connectivity index (χ0n) is 12.8. The number of esters is 2. The molecule has 1 heterocycles. The predicted molar refractivity (Wildman–Crippen MR) is 70.9 cm³/mol. The second-order valence-corrected chi connectivity index (χ2v) is 7.24. The molecule has 3 aliphatic rings. The standard InChI is InChI=1S/C8H12O3.C7H8O3/c1-4(9)5-6(7(10)11)8(5,2)3;1-7(2)3-4(7)6(9)10-5(3)8/h5-6H,1-3H3,(H,10,11);3-4H,1-2H3/t5-,6?;3-,4+/m1./s1. The van der Waals surface area contributed by atoms with Crippen molar-refractivity contribution in [1.29, 1.82) is 0 Å². The van der Waals surface area contributed by atoms with Crippen molar-refractivity contribution in [1.82, 2.24) is 0 Å². The van der Waals surface area contributed by atoms with Crippen molar-refractivity contribution >= 4 is 23.7 Å². The van der Waals surface area contributed by atoms with E-state index in [0.717, 1.165) is 0 Å². The van der Waals surface area contributed by atoms with Gasteiger partial charge in [-0.2, -0.15) is 0 Å². The van der Waals surface area contributed by atoms with E-state index in [1.54, 1.807) is 0 Å². The Morgan fingerprint density at radius 3 is 1.52 bits per heavy atom. The number of carbonyl (C=O) groups is 4. The Bertz CT molecular complexity index is 500. The number of ketones is 1. The molecule has 3 rings (SSSR count). The van der Waals surface area contributed by atoms with Gasteiger partial charge in [0.1, 0.15) is 5.78 Å². The zero-order valence-corrected chi connectivity index (χ0v) is 12.8. The van der Waals surface area contributed by atoms with Crippen LogP contribution in [-0.2, 0) is 23.9 Å². The lowest BCUT2D eigenvalue weighted by Gasteiger charge is -2.04. The lowest BCUT2D eigenvalue weighted by atomic mass is 10.1. The summed E-state index contributed by atoms with van der Waals surface area (Å²) in [5.74, 6) is -2.53. The van der Waals surface area contributed by atoms with E-state index >= 15 is 0 Å². The van der Waals surface area contributed by atoms with E-state index in [1.807, 2.05) is 27.7 Å². The van der Waals surface area contributed by atoms with E-state index in [-0.39, 0.29) is 46.3 Å². The summed E-state index contributed by atoms with van der Waals surface area (Å²) < 4.78 is 4.38. The third-order valence-electron chi connectivity index (χ3n) is 5.07. The number of rotatable bonds is 2. The fraction of sp³-hybridized carbons (Fsp3) is 0.733. The molecule has 6 heteroatoms. The number of ether oxygens (including phenoxy) is 1. The van der Waals surface area contributed by atoms with Gasteiger partial charge in [-0.25, -0.2) is 0 Å². The van der Waals surface area contributed by atoms with Crippen LogP contribution in [0.4, 0.5) is 0 Å². The van der Waals surface area contributed by atoms with Crippen LogP contribution in [0.15, 0.2) is 0 Å². The highest BCUT2D eigenvalue weighted by Gasteiger charge is 2.72. The molecular formula is C15H20O6. The SMILES string of the molecule is CC(=O)[C@@H]1C(C(=O)O)C1(C)C.CC1(C)[C@@H]2C(=O)OC(=O)[C@@H]21. The van der Waals surface area contributed by atoms with Crippen LogP contribution >= 0.6 is 0 Å². The van der Waals surface area contributed by atoms with Crippen LogP contribution in [0.1, 0.15) is 34.6 Å². The summed E-state index contributed by atoms with van der Waals surface area (Å²) in [4.78, 5) is 43.0. The average Bonchev–Trinajstić information content (AvgIpc) is 3.01. The molecule has 1 N–H and O–H groups in total. The van der Waals surface area contributed by atoms with Crippen LogP contribution in [0.5, 0.6) is 0 Å². The van der Waals surface area contributed by atoms with Gasteiger partial charge >= 0.3 is 17.9 Å². The molecule has 0 aromatic heterocycles. The van der Waals surface area contributed by atoms with Crippen molar-refractivity contribution < 1.29 is 29.0 Å². The maximum Gasteiger partial charge on any atom is 0.318 e. The van der Waals surface area contributed by atoms with E-state index in [9.17, 15) is 19.2 Å². The van der Waals surface area contributed by atoms with Gasteiger partial charge in [-0.05, 0) is 17.8 Å². The molecule has 0 radical (unpaired) electrons. The van der Waals surface area contributed by atoms with Gasteiger partial charge < -0.3 is 9.84 Å². The van der Waals surface area contributed by atoms with Crippen LogP contribution in [0.3, 0.4) is 0 Å². The maximum absolute atomic E-state index is 10.9. The molecule has 0 amide bonds. The molecule has 0 aromatic carbocycles. The van der Waals surface area contributed by atoms with Crippen LogP contribution in [0, 0.1) is 34.5 Å². The van der Waals surface area contributed by atoms with Gasteiger partial charge in [-0.3, -0.25) is 19.2 Å². The van der Waals surface area contributed by atoms with Crippen LogP contribution < -0.4 is 0 Å². The quantitative estimate of drug-likeness (QED) is 0.609. The van der Waals surface area contributed by atoms with Gasteiger partial charge in [-0.1, -0.05) is 27.7 Å². The highest BCUT2D eigenvalue weighted by atomic mass is 16.6. The van der Waals surface area contributed by atoms with E-state index in [1.165, 1.54) is 6.92 Å². The number of hydrogen-bond donors (Lipinski definition) is 1. The number of carbonyl (C=O) groups excluding carboxylic acids is 3. The molecule has 1 unspecified atom stereocenters. The molecule has 0 bridgehead atoms. The minimum absolute atomic E-state index is 0.0117. The van der Waals surface area contributed by atoms with Gasteiger partial charge in [0.25, 0.3) is 0 Å². The largest absolute Gasteiger partial charge is 0.481 e. The minimum Gasteiger partial charge on any atom is -0.481 e. The van der Waals surface area contributed by atoms with E-state index < -0.39 is 11.9 Å². The second kappa shape index (κ2) is 4.39. The third kappa shape index (κ3) is 2.26. The van der Waals surface area contributed by atoms with Gasteiger partial charge in [-0.15, -0.1) is 0 Å². The van der Waals surface area contributed by atoms with Crippen LogP contribution in [0.2, 0.25) is 0 Å². The third-order valence-corrected chi connectivity index (χ3v) is 5.07. The molecule has 1 saturated heterocycles. The van der Waals surface area contributed by atoms with Crippen molar-refractivity contribution in [3.63, 3.8) is 0 Å². The van der Waals surface area contributed by atoms with Crippen molar-refractivity contribution in [2.75, 3.05) is 0 Å². The fourth-order valence-electron chi connectivity index (χ4n) is 3.60. The molecule has 2 aliphatic carbocycles. The molecule has 1 aliphatic heterocycles. The van der Waals surface area contributed by atoms with Gasteiger partial charge in [0.2, 0.25) is 0 Å². The summed E-state index contributed by atoms with van der Waals surface area (Å²) >= 11 is 0. The first-order valence-corrected chi connectivity index (χ1v) is 6.92. The molecule has 0 spiro atoms. The predicted octanol–water partition coefficient (Wildman–Crippen LogP) is 1.27. The number of Topliss-reactive ketones (excluding diaryl/α,β-unsaturated/α-hetero) is 1. The van der Waals surface area contributed by atoms with Gasteiger partial charge in [0, 0.05) is 5.92 Å². The number of carboxylic acids is 1. The lowest BCUT2D eigenvalue weighted by Crippen LogP contribution is -2.14. The fourth-order valence-corrected chi connectivity index (χ4v) is 3.60. The topological polar surface area (TPSA) is 97.7 Å². The molecule has 3 fully saturated rings. The molecule has 0 aromatic rings. The number of aliphatic carboxylic acids is 1. The number of cyclic esters (lactones) is 2. The summed E-state index contributed by atoms with van der Waals surface area (Å²) in [6, 6.07) is 0. The normalized spacial score (nSPS) is 36.8. The Balaban J connectivity index is 0.000000154. The first kappa shape index (κ1) is 15.7. The molecule has 2 saturated carbocycles. The second-order valence-electron chi connectivity index (χ2n) is 7.24. The summed E-state index contributed by atoms with van der Waals surface area (Å²) in [7, 11) is 0. The van der Waals surface area contributed by atoms with Crippen molar-refractivity contribution in [2.24, 2.45) is 34.5 Å². The molecule has 116 valence electrons. The summed E-state index contributed by atoms with van der Waals surface area (Å²) in [5.41, 5.74) is -0.440. The Hall–Kier alpha value is -1.72. The molecule has 6 nitrogen and oxygen atoms in total. The van der Waals surface area contributed by atoms with E-state index in [2.05, 4.69) is 4.74 Å². The van der Waals surface area contributed by atoms with Crippen LogP contribution in [-0.4, -0.2) is 28.8 Å². The number of hydrogen-bond acceptors (Lipinski definition) is 5. The average molecular weight is 296 g/mol. The Morgan fingerprint density at radius 1 is 0.952 bits per heavy atom. The summed E-state index contributed by atoms with van der Waals surface area (Å²) in [6.45, 7) is 8.92. The summed E-state index contributed by atoms with van der Waals surface area (Å²) in [6.07, 6.45) is 0. The summed E-state index contributed by atoms with van der Waals surface area (Å²) in [5, 5.41) is 8.66. The van der Waals surface area contributed by atoms with Crippen LogP contribution in [0.25, 0.3) is 0 Å². The molecular weight excluding hydrogens is 276 g/mol. The first-order valence-electron chi connectivity index (χ1n) is 6.92. The van der Waals surface area contributed by atoms with Crippen molar-refractivity contribution in [3.05, 3.63) is 0 Å². The van der Waals surface area contributed by atoms with E-state index in [0.29, 0.717) is 0 Å². The van der Waals surface area contributed by atoms with Crippen molar-refractivity contribution in [2.45, 2.75) is 34.6 Å². The minimum atomic E-state index is -0.852.